The van der Waals surface area contributed by atoms with Crippen LogP contribution in [0.25, 0.3) is 0 Å². The van der Waals surface area contributed by atoms with Crippen molar-refractivity contribution < 1.29 is 0 Å². The maximum atomic E-state index is 8.04. The highest BCUT2D eigenvalue weighted by Gasteiger charge is 2.42. The first-order chi connectivity index (χ1) is 21.8. The van der Waals surface area contributed by atoms with Crippen LogP contribution in [0.2, 0.25) is 0 Å². The van der Waals surface area contributed by atoms with Gasteiger partial charge >= 0.3 is 0 Å². The number of unbranched alkanes of at least 4 members (excludes halogenated alkanes) is 3. The fraction of sp³-hybridized carbons (Fsp3) is 0.925. The summed E-state index contributed by atoms with van der Waals surface area (Å²) in [7, 11) is 2.08. The van der Waals surface area contributed by atoms with E-state index in [1.54, 1.807) is 0 Å². The third kappa shape index (κ3) is 13.3. The van der Waals surface area contributed by atoms with E-state index >= 15 is 0 Å². The number of guanidine groups is 1. The second-order valence-electron chi connectivity index (χ2n) is 20.3. The molecule has 0 spiro atoms. The van der Waals surface area contributed by atoms with Crippen LogP contribution in [0.15, 0.2) is 9.98 Å². The van der Waals surface area contributed by atoms with E-state index in [0.29, 0.717) is 17.8 Å². The zero-order chi connectivity index (χ0) is 36.3. The molecule has 4 N–H and O–H groups in total. The minimum absolute atomic E-state index is 0.00262. The molecule has 278 valence electrons. The van der Waals surface area contributed by atoms with Crippen LogP contribution < -0.4 is 16.0 Å². The lowest BCUT2D eigenvalue weighted by molar-refractivity contribution is 0.0936. The van der Waals surface area contributed by atoms with E-state index < -0.39 is 0 Å². The lowest BCUT2D eigenvalue weighted by Gasteiger charge is -2.49. The molecule has 2 unspecified atom stereocenters. The average Bonchev–Trinajstić information content (AvgIpc) is 2.85. The van der Waals surface area contributed by atoms with Gasteiger partial charge in [-0.2, -0.15) is 4.99 Å². The fourth-order valence-corrected chi connectivity index (χ4v) is 10.6. The molecule has 0 saturated carbocycles. The molecule has 3 aliphatic heterocycles. The molecule has 3 saturated heterocycles. The second-order valence-corrected chi connectivity index (χ2v) is 20.7. The fourth-order valence-electron chi connectivity index (χ4n) is 10.5. The van der Waals surface area contributed by atoms with Crippen molar-refractivity contribution in [2.24, 2.45) is 33.7 Å². The van der Waals surface area contributed by atoms with Gasteiger partial charge in [0, 0.05) is 52.5 Å². The lowest BCUT2D eigenvalue weighted by Crippen LogP contribution is -2.62. The molecule has 0 aromatic carbocycles. The number of nitrogens with one attached hydrogen (secondary N) is 4. The minimum Gasteiger partial charge on any atom is -0.341 e. The zero-order valence-electron chi connectivity index (χ0n) is 33.7. The molecule has 48 heavy (non-hydrogen) atoms. The third-order valence-corrected chi connectivity index (χ3v) is 11.5. The summed E-state index contributed by atoms with van der Waals surface area (Å²) in [6.07, 6.45) is 16.5. The SMILES string of the molecule is CC(CCCCCCC(C=NC(=NC(=N)Cl)N(C)C1CC(C)(C)NC(C)(C)C1)C1CC(C)(C)NC(C)(C)C1)C1CC(C)(C)NC(C)(C)C1. The summed E-state index contributed by atoms with van der Waals surface area (Å²) in [5.74, 6) is 3.02. The monoisotopic (exact) mass is 690 g/mol. The topological polar surface area (TPSA) is 87.9 Å². The summed E-state index contributed by atoms with van der Waals surface area (Å²) in [6, 6.07) is 0.253. The Labute approximate surface area is 301 Å². The largest absolute Gasteiger partial charge is 0.341 e. The smallest absolute Gasteiger partial charge is 0.227 e. The normalized spacial score (nSPS) is 27.1. The number of nitrogens with zero attached hydrogens (tertiary/aromatic N) is 3. The predicted octanol–water partition coefficient (Wildman–Crippen LogP) is 9.53. The van der Waals surface area contributed by atoms with Gasteiger partial charge in [-0.15, -0.1) is 0 Å². The number of hydrogen-bond acceptors (Lipinski definition) is 4. The van der Waals surface area contributed by atoms with Crippen LogP contribution in [0.1, 0.15) is 167 Å². The van der Waals surface area contributed by atoms with Gasteiger partial charge in [0.15, 0.2) is 0 Å². The number of halogens is 1. The summed E-state index contributed by atoms with van der Waals surface area (Å²) in [5.41, 5.74) is 0.586. The molecule has 3 aliphatic rings. The quantitative estimate of drug-likeness (QED) is 0.0753. The highest BCUT2D eigenvalue weighted by Crippen LogP contribution is 2.40. The first-order valence-electron chi connectivity index (χ1n) is 19.3. The second kappa shape index (κ2) is 15.7. The molecule has 7 nitrogen and oxygen atoms in total. The van der Waals surface area contributed by atoms with Crippen LogP contribution in [0.3, 0.4) is 0 Å². The van der Waals surface area contributed by atoms with Gasteiger partial charge in [0.2, 0.25) is 11.3 Å². The van der Waals surface area contributed by atoms with Gasteiger partial charge in [-0.1, -0.05) is 39.0 Å². The molecule has 0 aliphatic carbocycles. The lowest BCUT2D eigenvalue weighted by atomic mass is 9.70. The van der Waals surface area contributed by atoms with Crippen molar-refractivity contribution in [2.75, 3.05) is 7.05 Å². The van der Waals surface area contributed by atoms with Gasteiger partial charge in [0.1, 0.15) is 0 Å². The van der Waals surface area contributed by atoms with Gasteiger partial charge in [0.25, 0.3) is 0 Å². The van der Waals surface area contributed by atoms with Crippen LogP contribution in [0.5, 0.6) is 0 Å². The molecule has 0 radical (unpaired) electrons. The number of hydrogen-bond donors (Lipinski definition) is 4. The summed E-state index contributed by atoms with van der Waals surface area (Å²) >= 11 is 6.11. The number of amidine groups is 1. The van der Waals surface area contributed by atoms with E-state index in [1.165, 1.54) is 44.9 Å². The molecule has 3 rings (SSSR count). The van der Waals surface area contributed by atoms with Crippen LogP contribution >= 0.6 is 11.6 Å². The van der Waals surface area contributed by atoms with Crippen molar-refractivity contribution in [3.05, 3.63) is 0 Å². The Morgan fingerprint density at radius 3 is 1.52 bits per heavy atom. The summed E-state index contributed by atoms with van der Waals surface area (Å²) in [5, 5.41) is 19.4. The summed E-state index contributed by atoms with van der Waals surface area (Å²) < 4.78 is 0. The molecule has 0 aromatic rings. The van der Waals surface area contributed by atoms with E-state index in [9.17, 15) is 0 Å². The van der Waals surface area contributed by atoms with Crippen LogP contribution in [-0.4, -0.2) is 68.7 Å². The first kappa shape index (κ1) is 41.4. The average molecular weight is 691 g/mol. The van der Waals surface area contributed by atoms with Crippen molar-refractivity contribution in [1.29, 1.82) is 5.41 Å². The van der Waals surface area contributed by atoms with Gasteiger partial charge < -0.3 is 20.9 Å². The van der Waals surface area contributed by atoms with Gasteiger partial charge in [-0.25, -0.2) is 4.99 Å². The van der Waals surface area contributed by atoms with E-state index in [-0.39, 0.29) is 44.6 Å². The van der Waals surface area contributed by atoms with E-state index in [0.717, 1.165) is 43.9 Å². The Hall–Kier alpha value is -1.02. The van der Waals surface area contributed by atoms with Crippen LogP contribution in [0, 0.1) is 29.1 Å². The molecule has 3 heterocycles. The highest BCUT2D eigenvalue weighted by molar-refractivity contribution is 6.64. The number of rotatable bonds is 11. The van der Waals surface area contributed by atoms with Crippen LogP contribution in [0.4, 0.5) is 0 Å². The van der Waals surface area contributed by atoms with Crippen molar-refractivity contribution in [1.82, 2.24) is 20.9 Å². The van der Waals surface area contributed by atoms with E-state index in [1.807, 2.05) is 0 Å². The van der Waals surface area contributed by atoms with Crippen molar-refractivity contribution in [2.45, 2.75) is 206 Å². The standard InChI is InChI=1S/C40H76ClN7/c1-28(30-21-35(2,3)45-36(4,5)22-30)19-17-15-16-18-20-29(31-23-37(6,7)46-38(8,9)24-31)27-43-34(44-33(41)42)48(14)32-25-39(10,11)47-40(12,13)26-32/h27-32,42,45-47H,15-26H2,1-14H3. The molecule has 2 atom stereocenters. The summed E-state index contributed by atoms with van der Waals surface area (Å²) in [6.45, 7) is 30.4. The molecule has 0 bridgehead atoms. The maximum absolute atomic E-state index is 8.04. The Morgan fingerprint density at radius 1 is 0.688 bits per heavy atom. The Morgan fingerprint density at radius 2 is 1.08 bits per heavy atom. The molecular formula is C40H76ClN7. The Bertz CT molecular complexity index is 1090. The third-order valence-electron chi connectivity index (χ3n) is 11.4. The number of piperidine rings is 3. The summed E-state index contributed by atoms with van der Waals surface area (Å²) in [4.78, 5) is 11.7. The van der Waals surface area contributed by atoms with Gasteiger partial charge in [0.05, 0.1) is 0 Å². The minimum atomic E-state index is -0.215. The molecule has 0 aromatic heterocycles. The molecular weight excluding hydrogens is 614 g/mol. The van der Waals surface area contributed by atoms with Crippen molar-refractivity contribution in [3.63, 3.8) is 0 Å². The Balaban J connectivity index is 1.69. The highest BCUT2D eigenvalue weighted by atomic mass is 35.5. The van der Waals surface area contributed by atoms with Gasteiger partial charge in [-0.05, 0) is 163 Å². The van der Waals surface area contributed by atoms with Gasteiger partial charge in [-0.3, -0.25) is 5.41 Å². The van der Waals surface area contributed by atoms with E-state index in [4.69, 9.17) is 22.0 Å². The Kier molecular flexibility index (Phi) is 13.5. The molecule has 3 fully saturated rings. The van der Waals surface area contributed by atoms with Crippen molar-refractivity contribution in [3.8, 4) is 0 Å². The molecule has 8 heteroatoms. The number of aliphatic imine (C=N–C) groups is 2. The molecule has 0 amide bonds. The predicted molar refractivity (Wildman–Crippen MR) is 210 cm³/mol. The first-order valence-corrected chi connectivity index (χ1v) is 19.6. The maximum Gasteiger partial charge on any atom is 0.227 e. The van der Waals surface area contributed by atoms with E-state index in [2.05, 4.69) is 129 Å². The van der Waals surface area contributed by atoms with Crippen molar-refractivity contribution >= 4 is 29.1 Å². The van der Waals surface area contributed by atoms with Crippen LogP contribution in [-0.2, 0) is 0 Å². The zero-order valence-corrected chi connectivity index (χ0v) is 34.4.